The predicted molar refractivity (Wildman–Crippen MR) is 96.2 cm³/mol. The molecule has 0 saturated carbocycles. The summed E-state index contributed by atoms with van der Waals surface area (Å²) in [5.41, 5.74) is 7.14. The van der Waals surface area contributed by atoms with Crippen LogP contribution in [0.3, 0.4) is 0 Å². The number of rotatable bonds is 10. The number of nitrogens with two attached hydrogens (primary N) is 1. The van der Waals surface area contributed by atoms with Gasteiger partial charge in [0, 0.05) is 25.5 Å². The van der Waals surface area contributed by atoms with E-state index in [1.807, 2.05) is 43.3 Å². The van der Waals surface area contributed by atoms with Gasteiger partial charge in [-0.1, -0.05) is 19.1 Å². The van der Waals surface area contributed by atoms with E-state index < -0.39 is 12.0 Å². The number of nitrogens with zero attached hydrogens (tertiary/aromatic N) is 3. The standard InChI is InChI=1S/C19H26N4O2/c1-15(18(24)12-19(20)25)8-11-23(13-16-6-2-4-9-21-16)14-17-7-3-5-10-22-17/h2-7,9-10,15,18,24H,8,11-14H2,1H3,(H2,20,25)/t15-,18+/m1/s1. The van der Waals surface area contributed by atoms with Crippen LogP contribution in [0.25, 0.3) is 0 Å². The Bertz CT molecular complexity index is 595. The minimum atomic E-state index is -0.705. The van der Waals surface area contributed by atoms with E-state index in [1.165, 1.54) is 0 Å². The third-order valence-electron chi connectivity index (χ3n) is 4.19. The first-order valence-corrected chi connectivity index (χ1v) is 8.53. The Labute approximate surface area is 148 Å². The van der Waals surface area contributed by atoms with Crippen LogP contribution in [0.1, 0.15) is 31.2 Å². The molecule has 0 bridgehead atoms. The van der Waals surface area contributed by atoms with Gasteiger partial charge < -0.3 is 10.8 Å². The van der Waals surface area contributed by atoms with E-state index in [9.17, 15) is 9.90 Å². The van der Waals surface area contributed by atoms with Crippen molar-refractivity contribution in [1.29, 1.82) is 0 Å². The lowest BCUT2D eigenvalue weighted by Crippen LogP contribution is -2.30. The smallest absolute Gasteiger partial charge is 0.220 e. The van der Waals surface area contributed by atoms with Gasteiger partial charge in [-0.3, -0.25) is 19.7 Å². The summed E-state index contributed by atoms with van der Waals surface area (Å²) in [5, 5.41) is 10.0. The summed E-state index contributed by atoms with van der Waals surface area (Å²) in [6, 6.07) is 11.7. The first-order chi connectivity index (χ1) is 12.0. The minimum absolute atomic E-state index is 0.00164. The SMILES string of the molecule is C[C@H](CCN(Cc1ccccn1)Cc1ccccn1)[C@@H](O)CC(N)=O. The molecule has 0 spiro atoms. The van der Waals surface area contributed by atoms with Crippen molar-refractivity contribution in [2.24, 2.45) is 11.7 Å². The van der Waals surface area contributed by atoms with Gasteiger partial charge in [0.1, 0.15) is 0 Å². The lowest BCUT2D eigenvalue weighted by atomic mass is 9.98. The van der Waals surface area contributed by atoms with Crippen molar-refractivity contribution >= 4 is 5.91 Å². The molecule has 2 rings (SSSR count). The van der Waals surface area contributed by atoms with Gasteiger partial charge in [-0.05, 0) is 43.1 Å². The van der Waals surface area contributed by atoms with Crippen LogP contribution in [-0.4, -0.2) is 38.5 Å². The van der Waals surface area contributed by atoms with Crippen LogP contribution < -0.4 is 5.73 Å². The fourth-order valence-corrected chi connectivity index (χ4v) is 2.64. The van der Waals surface area contributed by atoms with Crippen molar-refractivity contribution in [1.82, 2.24) is 14.9 Å². The molecule has 3 N–H and O–H groups in total. The molecule has 134 valence electrons. The Balaban J connectivity index is 1.97. The van der Waals surface area contributed by atoms with E-state index in [-0.39, 0.29) is 12.3 Å². The van der Waals surface area contributed by atoms with Gasteiger partial charge in [0.2, 0.25) is 5.91 Å². The minimum Gasteiger partial charge on any atom is -0.392 e. The zero-order valence-electron chi connectivity index (χ0n) is 14.6. The summed E-state index contributed by atoms with van der Waals surface area (Å²) in [6.07, 6.45) is 3.63. The number of carbonyl (C=O) groups excluding carboxylic acids is 1. The van der Waals surface area contributed by atoms with E-state index in [0.29, 0.717) is 13.1 Å². The molecule has 0 aliphatic rings. The number of aliphatic hydroxyl groups excluding tert-OH is 1. The average molecular weight is 342 g/mol. The van der Waals surface area contributed by atoms with Crippen molar-refractivity contribution in [3.8, 4) is 0 Å². The molecule has 2 aromatic heterocycles. The highest BCUT2D eigenvalue weighted by Crippen LogP contribution is 2.15. The van der Waals surface area contributed by atoms with E-state index in [4.69, 9.17) is 5.73 Å². The molecule has 6 nitrogen and oxygen atoms in total. The monoisotopic (exact) mass is 342 g/mol. The maximum atomic E-state index is 11.0. The van der Waals surface area contributed by atoms with Crippen molar-refractivity contribution in [2.75, 3.05) is 6.54 Å². The van der Waals surface area contributed by atoms with Crippen LogP contribution in [0, 0.1) is 5.92 Å². The van der Waals surface area contributed by atoms with Crippen LogP contribution >= 0.6 is 0 Å². The lowest BCUT2D eigenvalue weighted by Gasteiger charge is -2.25. The number of primary amides is 1. The van der Waals surface area contributed by atoms with Gasteiger partial charge in [0.25, 0.3) is 0 Å². The molecule has 2 aromatic rings. The van der Waals surface area contributed by atoms with Crippen molar-refractivity contribution in [3.63, 3.8) is 0 Å². The van der Waals surface area contributed by atoms with Crippen LogP contribution in [-0.2, 0) is 17.9 Å². The molecular formula is C19H26N4O2. The van der Waals surface area contributed by atoms with E-state index in [2.05, 4.69) is 14.9 Å². The number of hydrogen-bond donors (Lipinski definition) is 2. The van der Waals surface area contributed by atoms with Crippen molar-refractivity contribution < 1.29 is 9.90 Å². The quantitative estimate of drug-likeness (QED) is 0.686. The average Bonchev–Trinajstić information content (AvgIpc) is 2.60. The summed E-state index contributed by atoms with van der Waals surface area (Å²) in [4.78, 5) is 22.0. The highest BCUT2D eigenvalue weighted by molar-refractivity contribution is 5.74. The maximum Gasteiger partial charge on any atom is 0.220 e. The number of aliphatic hydroxyl groups is 1. The maximum absolute atomic E-state index is 11.0. The molecule has 0 aliphatic carbocycles. The third-order valence-corrected chi connectivity index (χ3v) is 4.19. The fourth-order valence-electron chi connectivity index (χ4n) is 2.64. The summed E-state index contributed by atoms with van der Waals surface area (Å²) < 4.78 is 0. The Kier molecular flexibility index (Phi) is 7.50. The Morgan fingerprint density at radius 3 is 2.12 bits per heavy atom. The third kappa shape index (κ3) is 6.99. The summed E-state index contributed by atoms with van der Waals surface area (Å²) in [5.74, 6) is -0.486. The number of pyridine rings is 2. The molecule has 2 atom stereocenters. The molecule has 25 heavy (non-hydrogen) atoms. The molecule has 6 heteroatoms. The fraction of sp³-hybridized carbons (Fsp3) is 0.421. The van der Waals surface area contributed by atoms with Crippen molar-refractivity contribution in [3.05, 3.63) is 60.2 Å². The number of carbonyl (C=O) groups is 1. The zero-order chi connectivity index (χ0) is 18.1. The molecule has 0 radical (unpaired) electrons. The second-order valence-electron chi connectivity index (χ2n) is 6.36. The normalized spacial score (nSPS) is 13.6. The summed E-state index contributed by atoms with van der Waals surface area (Å²) >= 11 is 0. The van der Waals surface area contributed by atoms with Gasteiger partial charge in [-0.15, -0.1) is 0 Å². The van der Waals surface area contributed by atoms with Crippen LogP contribution in [0.5, 0.6) is 0 Å². The molecule has 0 fully saturated rings. The van der Waals surface area contributed by atoms with Crippen LogP contribution in [0.2, 0.25) is 0 Å². The first kappa shape index (κ1) is 19.0. The van der Waals surface area contributed by atoms with Crippen LogP contribution in [0.4, 0.5) is 0 Å². The van der Waals surface area contributed by atoms with Gasteiger partial charge >= 0.3 is 0 Å². The summed E-state index contributed by atoms with van der Waals surface area (Å²) in [6.45, 7) is 4.11. The molecule has 2 heterocycles. The van der Waals surface area contributed by atoms with Gasteiger partial charge in [-0.25, -0.2) is 0 Å². The zero-order valence-corrected chi connectivity index (χ0v) is 14.6. The molecule has 0 unspecified atom stereocenters. The van der Waals surface area contributed by atoms with E-state index in [1.54, 1.807) is 12.4 Å². The second kappa shape index (κ2) is 9.86. The molecule has 0 aromatic carbocycles. The second-order valence-corrected chi connectivity index (χ2v) is 6.36. The lowest BCUT2D eigenvalue weighted by molar-refractivity contribution is -0.120. The highest BCUT2D eigenvalue weighted by atomic mass is 16.3. The number of amides is 1. The van der Waals surface area contributed by atoms with Gasteiger partial charge in [0.05, 0.1) is 23.9 Å². The molecular weight excluding hydrogens is 316 g/mol. The van der Waals surface area contributed by atoms with Gasteiger partial charge in [-0.2, -0.15) is 0 Å². The Morgan fingerprint density at radius 2 is 1.68 bits per heavy atom. The molecule has 0 saturated heterocycles. The van der Waals surface area contributed by atoms with Gasteiger partial charge in [0.15, 0.2) is 0 Å². The number of aromatic nitrogens is 2. The van der Waals surface area contributed by atoms with E-state index in [0.717, 1.165) is 24.4 Å². The summed E-state index contributed by atoms with van der Waals surface area (Å²) in [7, 11) is 0. The van der Waals surface area contributed by atoms with Crippen LogP contribution in [0.15, 0.2) is 48.8 Å². The predicted octanol–water partition coefficient (Wildman–Crippen LogP) is 1.74. The van der Waals surface area contributed by atoms with Crippen molar-refractivity contribution in [2.45, 2.75) is 39.0 Å². The largest absolute Gasteiger partial charge is 0.392 e. The Hall–Kier alpha value is -2.31. The Morgan fingerprint density at radius 1 is 1.12 bits per heavy atom. The molecule has 1 amide bonds. The highest BCUT2D eigenvalue weighted by Gasteiger charge is 2.18. The molecule has 0 aliphatic heterocycles. The van der Waals surface area contributed by atoms with E-state index >= 15 is 0 Å². The number of hydrogen-bond acceptors (Lipinski definition) is 5. The topological polar surface area (TPSA) is 92.3 Å². The first-order valence-electron chi connectivity index (χ1n) is 8.53.